The molecule has 1 N–H and O–H groups in total. The van der Waals surface area contributed by atoms with Gasteiger partial charge in [0.1, 0.15) is 11.6 Å². The van der Waals surface area contributed by atoms with Gasteiger partial charge in [0.25, 0.3) is 5.56 Å². The zero-order valence-electron chi connectivity index (χ0n) is 13.2. The molecule has 5 heteroatoms. The summed E-state index contributed by atoms with van der Waals surface area (Å²) in [6, 6.07) is 5.21. The Labute approximate surface area is 134 Å². The van der Waals surface area contributed by atoms with Gasteiger partial charge in [-0.2, -0.15) is 0 Å². The molecule has 2 aromatic rings. The Bertz CT molecular complexity index is 810. The molecule has 0 unspecified atom stereocenters. The Morgan fingerprint density at radius 2 is 2.22 bits per heavy atom. The van der Waals surface area contributed by atoms with E-state index in [4.69, 9.17) is 4.98 Å². The maximum Gasteiger partial charge on any atom is 0.254 e. The van der Waals surface area contributed by atoms with Gasteiger partial charge in [0.2, 0.25) is 0 Å². The number of hydrogen-bond donors (Lipinski definition) is 1. The Balaban J connectivity index is 1.58. The first kappa shape index (κ1) is 14.6. The van der Waals surface area contributed by atoms with Gasteiger partial charge >= 0.3 is 0 Å². The first-order valence-corrected chi connectivity index (χ1v) is 8.20. The minimum atomic E-state index is -0.162. The van der Waals surface area contributed by atoms with E-state index >= 15 is 0 Å². The zero-order valence-corrected chi connectivity index (χ0v) is 13.2. The van der Waals surface area contributed by atoms with Crippen molar-refractivity contribution in [1.82, 2.24) is 14.9 Å². The minimum absolute atomic E-state index is 0.0264. The molecule has 0 bridgehead atoms. The molecule has 1 fully saturated rings. The van der Waals surface area contributed by atoms with Crippen molar-refractivity contribution in [3.63, 3.8) is 0 Å². The second kappa shape index (κ2) is 5.57. The quantitative estimate of drug-likeness (QED) is 0.948. The Hall–Kier alpha value is -2.01. The van der Waals surface area contributed by atoms with Crippen LogP contribution in [0.4, 0.5) is 4.39 Å². The molecule has 0 radical (unpaired) electrons. The predicted octanol–water partition coefficient (Wildman–Crippen LogP) is 2.65. The first-order valence-electron chi connectivity index (χ1n) is 8.20. The lowest BCUT2D eigenvalue weighted by Gasteiger charge is -2.28. The number of nitrogens with zero attached hydrogens (tertiary/aromatic N) is 2. The maximum atomic E-state index is 13.7. The molecule has 1 aliphatic carbocycles. The lowest BCUT2D eigenvalue weighted by Crippen LogP contribution is -2.35. The standard InChI is InChI=1S/C18H20FN3O/c1-11-13(3-2-4-15(11)19)9-22-8-7-14-16(10-22)20-17(12-5-6-12)21-18(14)23/h2-4,12H,5-10H2,1H3,(H,20,21,23). The molecule has 1 saturated carbocycles. The summed E-state index contributed by atoms with van der Waals surface area (Å²) in [7, 11) is 0. The highest BCUT2D eigenvalue weighted by molar-refractivity contribution is 5.28. The third kappa shape index (κ3) is 2.81. The van der Waals surface area contributed by atoms with Gasteiger partial charge in [0.05, 0.1) is 5.69 Å². The number of rotatable bonds is 3. The topological polar surface area (TPSA) is 49.0 Å². The second-order valence-electron chi connectivity index (χ2n) is 6.64. The summed E-state index contributed by atoms with van der Waals surface area (Å²) in [6.45, 7) is 3.97. The SMILES string of the molecule is Cc1c(F)cccc1CN1CCc2c(nc(C3CC3)[nH]c2=O)C1. The van der Waals surface area contributed by atoms with E-state index in [-0.39, 0.29) is 11.4 Å². The van der Waals surface area contributed by atoms with Crippen molar-refractivity contribution in [3.8, 4) is 0 Å². The molecule has 4 rings (SSSR count). The van der Waals surface area contributed by atoms with E-state index in [0.717, 1.165) is 42.0 Å². The maximum absolute atomic E-state index is 13.7. The molecule has 0 amide bonds. The van der Waals surface area contributed by atoms with E-state index in [1.165, 1.54) is 6.07 Å². The lowest BCUT2D eigenvalue weighted by molar-refractivity contribution is 0.239. The van der Waals surface area contributed by atoms with Crippen LogP contribution in [-0.2, 0) is 19.5 Å². The molecule has 120 valence electrons. The summed E-state index contributed by atoms with van der Waals surface area (Å²) < 4.78 is 13.7. The van der Waals surface area contributed by atoms with Crippen LogP contribution in [-0.4, -0.2) is 21.4 Å². The van der Waals surface area contributed by atoms with Gasteiger partial charge in [-0.3, -0.25) is 9.69 Å². The fourth-order valence-electron chi connectivity index (χ4n) is 3.26. The molecule has 4 nitrogen and oxygen atoms in total. The van der Waals surface area contributed by atoms with Gasteiger partial charge in [0.15, 0.2) is 0 Å². The largest absolute Gasteiger partial charge is 0.310 e. The molecule has 0 saturated heterocycles. The number of nitrogens with one attached hydrogen (secondary N) is 1. The summed E-state index contributed by atoms with van der Waals surface area (Å²) in [5.41, 5.74) is 3.45. The number of halogens is 1. The minimum Gasteiger partial charge on any atom is -0.310 e. The van der Waals surface area contributed by atoms with Gasteiger partial charge in [-0.15, -0.1) is 0 Å². The van der Waals surface area contributed by atoms with E-state index in [0.29, 0.717) is 31.0 Å². The normalized spacial score (nSPS) is 18.0. The summed E-state index contributed by atoms with van der Waals surface area (Å²) in [5.74, 6) is 1.12. The van der Waals surface area contributed by atoms with E-state index in [1.54, 1.807) is 6.07 Å². The van der Waals surface area contributed by atoms with E-state index < -0.39 is 0 Å². The Morgan fingerprint density at radius 3 is 3.00 bits per heavy atom. The highest BCUT2D eigenvalue weighted by atomic mass is 19.1. The number of fused-ring (bicyclic) bond motifs is 1. The van der Waals surface area contributed by atoms with Crippen LogP contribution in [0.2, 0.25) is 0 Å². The third-order valence-corrected chi connectivity index (χ3v) is 4.91. The summed E-state index contributed by atoms with van der Waals surface area (Å²) in [5, 5.41) is 0. The zero-order chi connectivity index (χ0) is 16.0. The van der Waals surface area contributed by atoms with Crippen molar-refractivity contribution in [3.05, 3.63) is 62.6 Å². The highest BCUT2D eigenvalue weighted by Gasteiger charge is 2.29. The van der Waals surface area contributed by atoms with Crippen molar-refractivity contribution < 1.29 is 4.39 Å². The third-order valence-electron chi connectivity index (χ3n) is 4.91. The van der Waals surface area contributed by atoms with Crippen LogP contribution in [0, 0.1) is 12.7 Å². The molecule has 2 heterocycles. The molecule has 2 aliphatic rings. The van der Waals surface area contributed by atoms with E-state index in [9.17, 15) is 9.18 Å². The Morgan fingerprint density at radius 1 is 1.39 bits per heavy atom. The van der Waals surface area contributed by atoms with Crippen molar-refractivity contribution in [2.45, 2.75) is 45.2 Å². The number of aromatic nitrogens is 2. The number of hydrogen-bond acceptors (Lipinski definition) is 3. The van der Waals surface area contributed by atoms with Gasteiger partial charge < -0.3 is 4.98 Å². The van der Waals surface area contributed by atoms with Crippen LogP contribution in [0.25, 0.3) is 0 Å². The van der Waals surface area contributed by atoms with Gasteiger partial charge in [-0.25, -0.2) is 9.37 Å². The van der Waals surface area contributed by atoms with Crippen LogP contribution >= 0.6 is 0 Å². The second-order valence-corrected chi connectivity index (χ2v) is 6.64. The average Bonchev–Trinajstić information content (AvgIpc) is 3.36. The molecule has 0 atom stereocenters. The van der Waals surface area contributed by atoms with Crippen LogP contribution in [0.15, 0.2) is 23.0 Å². The number of H-pyrrole nitrogens is 1. The van der Waals surface area contributed by atoms with E-state index in [1.807, 2.05) is 13.0 Å². The van der Waals surface area contributed by atoms with Crippen LogP contribution in [0.5, 0.6) is 0 Å². The number of benzene rings is 1. The van der Waals surface area contributed by atoms with Crippen LogP contribution < -0.4 is 5.56 Å². The fourth-order valence-corrected chi connectivity index (χ4v) is 3.26. The molecule has 0 spiro atoms. The molecule has 1 aromatic carbocycles. The average molecular weight is 313 g/mol. The van der Waals surface area contributed by atoms with Gasteiger partial charge in [0, 0.05) is 31.1 Å². The van der Waals surface area contributed by atoms with Crippen LogP contribution in [0.3, 0.4) is 0 Å². The summed E-state index contributed by atoms with van der Waals surface area (Å²) >= 11 is 0. The van der Waals surface area contributed by atoms with Crippen molar-refractivity contribution in [2.24, 2.45) is 0 Å². The number of aromatic amines is 1. The fraction of sp³-hybridized carbons (Fsp3) is 0.444. The Kier molecular flexibility index (Phi) is 3.53. The van der Waals surface area contributed by atoms with Crippen LogP contribution in [0.1, 0.15) is 47.0 Å². The van der Waals surface area contributed by atoms with Gasteiger partial charge in [-0.1, -0.05) is 12.1 Å². The molecule has 1 aliphatic heterocycles. The lowest BCUT2D eigenvalue weighted by atomic mass is 10.0. The van der Waals surface area contributed by atoms with E-state index in [2.05, 4.69) is 9.88 Å². The summed E-state index contributed by atoms with van der Waals surface area (Å²) in [6.07, 6.45) is 2.94. The summed E-state index contributed by atoms with van der Waals surface area (Å²) in [4.78, 5) is 22.1. The van der Waals surface area contributed by atoms with Crippen molar-refractivity contribution in [2.75, 3.05) is 6.54 Å². The van der Waals surface area contributed by atoms with Crippen molar-refractivity contribution in [1.29, 1.82) is 0 Å². The molecule has 23 heavy (non-hydrogen) atoms. The molecular formula is C18H20FN3O. The molecule has 1 aromatic heterocycles. The smallest absolute Gasteiger partial charge is 0.254 e. The highest BCUT2D eigenvalue weighted by Crippen LogP contribution is 2.37. The first-order chi connectivity index (χ1) is 11.1. The predicted molar refractivity (Wildman–Crippen MR) is 85.8 cm³/mol. The monoisotopic (exact) mass is 313 g/mol. The van der Waals surface area contributed by atoms with Crippen molar-refractivity contribution >= 4 is 0 Å². The molecular weight excluding hydrogens is 293 g/mol. The van der Waals surface area contributed by atoms with Gasteiger partial charge in [-0.05, 0) is 43.4 Å².